The predicted molar refractivity (Wildman–Crippen MR) is 35.3 cm³/mol. The Balaban J connectivity index is 2.34. The summed E-state index contributed by atoms with van der Waals surface area (Å²) in [5.41, 5.74) is -0.0197. The third-order valence-electron chi connectivity index (χ3n) is 1.81. The van der Waals surface area contributed by atoms with Gasteiger partial charge in [-0.1, -0.05) is 0 Å². The number of carbonyl (C=O) groups excluding carboxylic acids is 1. The van der Waals surface area contributed by atoms with E-state index in [1.165, 1.54) is 0 Å². The number of carboxylic acid groups (broad SMARTS) is 1. The molecule has 2 aliphatic heterocycles. The Bertz CT molecular complexity index is 280. The molecule has 0 aliphatic carbocycles. The average Bonchev–Trinajstić information content (AvgIpc) is 2.42. The maximum absolute atomic E-state index is 11.0. The Kier molecular flexibility index (Phi) is 1.49. The molecule has 5 nitrogen and oxygen atoms in total. The van der Waals surface area contributed by atoms with Crippen LogP contribution in [0.1, 0.15) is 0 Å². The van der Waals surface area contributed by atoms with Crippen LogP contribution in [0, 0.1) is 0 Å². The number of fused-ring (bicyclic) bond motifs is 2. The molecule has 0 unspecified atom stereocenters. The number of carbonyl (C=O) groups is 2. The van der Waals surface area contributed by atoms with Crippen LogP contribution in [0.15, 0.2) is 11.6 Å². The Morgan fingerprint density at radius 3 is 3.08 bits per heavy atom. The zero-order chi connectivity index (χ0) is 8.72. The molecule has 0 saturated carbocycles. The van der Waals surface area contributed by atoms with Crippen LogP contribution >= 0.6 is 0 Å². The molecule has 12 heavy (non-hydrogen) atoms. The van der Waals surface area contributed by atoms with Crippen molar-refractivity contribution in [1.82, 2.24) is 0 Å². The molecule has 0 radical (unpaired) electrons. The minimum Gasteiger partial charge on any atom is -0.478 e. The minimum atomic E-state index is -1.13. The van der Waals surface area contributed by atoms with Gasteiger partial charge in [0.25, 0.3) is 0 Å². The fraction of sp³-hybridized carbons (Fsp3) is 0.429. The van der Waals surface area contributed by atoms with Crippen molar-refractivity contribution >= 4 is 11.8 Å². The summed E-state index contributed by atoms with van der Waals surface area (Å²) in [6.45, 7) is 0.147. The van der Waals surface area contributed by atoms with Crippen molar-refractivity contribution in [3.8, 4) is 0 Å². The number of hydrogen-bond acceptors (Lipinski definition) is 4. The van der Waals surface area contributed by atoms with Gasteiger partial charge < -0.3 is 14.6 Å². The van der Waals surface area contributed by atoms with Crippen molar-refractivity contribution in [2.24, 2.45) is 0 Å². The van der Waals surface area contributed by atoms with Crippen LogP contribution in [0.3, 0.4) is 0 Å². The summed E-state index contributed by atoms with van der Waals surface area (Å²) in [7, 11) is 0. The fourth-order valence-electron chi connectivity index (χ4n) is 1.23. The van der Waals surface area contributed by atoms with E-state index in [4.69, 9.17) is 14.6 Å². The molecule has 0 spiro atoms. The Morgan fingerprint density at radius 1 is 1.67 bits per heavy atom. The maximum Gasteiger partial charge on any atom is 0.334 e. The first kappa shape index (κ1) is 7.45. The van der Waals surface area contributed by atoms with Gasteiger partial charge in [0.15, 0.2) is 0 Å². The predicted octanol–water partition coefficient (Wildman–Crippen LogP) is -0.678. The Labute approximate surface area is 67.6 Å². The van der Waals surface area contributed by atoms with Gasteiger partial charge in [0.1, 0.15) is 6.10 Å². The summed E-state index contributed by atoms with van der Waals surface area (Å²) < 4.78 is 9.84. The molecule has 2 heterocycles. The molecule has 1 saturated heterocycles. The van der Waals surface area contributed by atoms with E-state index >= 15 is 0 Å². The summed E-state index contributed by atoms with van der Waals surface area (Å²) >= 11 is 0. The highest BCUT2D eigenvalue weighted by molar-refractivity contribution is 6.02. The Hall–Kier alpha value is -1.20. The first-order valence-corrected chi connectivity index (χ1v) is 3.44. The molecule has 0 aromatic rings. The number of aliphatic carboxylic acids is 1. The van der Waals surface area contributed by atoms with Gasteiger partial charge in [-0.3, -0.25) is 4.79 Å². The molecule has 1 fully saturated rings. The van der Waals surface area contributed by atoms with Crippen LogP contribution < -0.4 is 0 Å². The van der Waals surface area contributed by atoms with Gasteiger partial charge in [0.2, 0.25) is 12.1 Å². The molecule has 0 amide bonds. The molecule has 64 valence electrons. The summed E-state index contributed by atoms with van der Waals surface area (Å²) in [4.78, 5) is 21.5. The lowest BCUT2D eigenvalue weighted by Crippen LogP contribution is -2.30. The van der Waals surface area contributed by atoms with Gasteiger partial charge in [0, 0.05) is 0 Å². The van der Waals surface area contributed by atoms with E-state index in [0.29, 0.717) is 0 Å². The van der Waals surface area contributed by atoms with Crippen LogP contribution in [-0.4, -0.2) is 35.9 Å². The van der Waals surface area contributed by atoms with Crippen LogP contribution in [-0.2, 0) is 19.1 Å². The first-order valence-electron chi connectivity index (χ1n) is 3.44. The molecule has 0 aromatic heterocycles. The number of ketones is 1. The van der Waals surface area contributed by atoms with Crippen molar-refractivity contribution < 1.29 is 24.2 Å². The number of rotatable bonds is 1. The van der Waals surface area contributed by atoms with Gasteiger partial charge in [-0.05, 0) is 6.08 Å². The lowest BCUT2D eigenvalue weighted by atomic mass is 10.1. The summed E-state index contributed by atoms with van der Waals surface area (Å²) in [5, 5.41) is 8.62. The molecule has 5 heteroatoms. The van der Waals surface area contributed by atoms with Crippen LogP contribution in [0.2, 0.25) is 0 Å². The second kappa shape index (κ2) is 2.40. The van der Waals surface area contributed by atoms with E-state index in [0.717, 1.165) is 6.08 Å². The summed E-state index contributed by atoms with van der Waals surface area (Å²) in [5.74, 6) is -1.56. The van der Waals surface area contributed by atoms with Gasteiger partial charge >= 0.3 is 5.97 Å². The maximum atomic E-state index is 11.0. The topological polar surface area (TPSA) is 72.8 Å². The smallest absolute Gasteiger partial charge is 0.334 e. The third kappa shape index (κ3) is 0.945. The van der Waals surface area contributed by atoms with Crippen molar-refractivity contribution in [3.05, 3.63) is 11.6 Å². The number of carboxylic acids is 1. The normalized spacial score (nSPS) is 33.3. The quantitative estimate of drug-likeness (QED) is 0.564. The molecular weight excluding hydrogens is 164 g/mol. The second-order valence-corrected chi connectivity index (χ2v) is 2.60. The van der Waals surface area contributed by atoms with Crippen LogP contribution in [0.4, 0.5) is 0 Å². The largest absolute Gasteiger partial charge is 0.478 e. The van der Waals surface area contributed by atoms with Gasteiger partial charge in [0.05, 0.1) is 12.2 Å². The highest BCUT2D eigenvalue weighted by Crippen LogP contribution is 2.24. The van der Waals surface area contributed by atoms with Crippen molar-refractivity contribution in [2.45, 2.75) is 12.4 Å². The molecule has 1 N–H and O–H groups in total. The number of hydrogen-bond donors (Lipinski definition) is 1. The highest BCUT2D eigenvalue weighted by atomic mass is 16.7. The highest BCUT2D eigenvalue weighted by Gasteiger charge is 2.40. The average molecular weight is 170 g/mol. The number of ether oxygens (including phenoxy) is 2. The van der Waals surface area contributed by atoms with E-state index in [2.05, 4.69) is 0 Å². The van der Waals surface area contributed by atoms with E-state index in [-0.39, 0.29) is 12.2 Å². The molecular formula is C7H6O5. The van der Waals surface area contributed by atoms with E-state index in [1.807, 2.05) is 0 Å². The van der Waals surface area contributed by atoms with Crippen molar-refractivity contribution in [1.29, 1.82) is 0 Å². The zero-order valence-electron chi connectivity index (χ0n) is 6.02. The monoisotopic (exact) mass is 170 g/mol. The Morgan fingerprint density at radius 2 is 2.42 bits per heavy atom. The van der Waals surface area contributed by atoms with Crippen LogP contribution in [0.25, 0.3) is 0 Å². The van der Waals surface area contributed by atoms with E-state index < -0.39 is 24.1 Å². The van der Waals surface area contributed by atoms with Crippen molar-refractivity contribution in [2.75, 3.05) is 6.61 Å². The lowest BCUT2D eigenvalue weighted by Gasteiger charge is -2.14. The van der Waals surface area contributed by atoms with Gasteiger partial charge in [-0.2, -0.15) is 0 Å². The lowest BCUT2D eigenvalue weighted by molar-refractivity contribution is -0.145. The molecule has 0 aromatic carbocycles. The SMILES string of the molecule is O=C(O)C1=CC(=O)[C@@H]2OC[C@H]1O2. The van der Waals surface area contributed by atoms with Crippen LogP contribution in [0.5, 0.6) is 0 Å². The molecule has 2 bridgehead atoms. The molecule has 2 aliphatic rings. The summed E-state index contributed by atoms with van der Waals surface area (Å²) in [6.07, 6.45) is -0.378. The fourth-order valence-corrected chi connectivity index (χ4v) is 1.23. The zero-order valence-corrected chi connectivity index (χ0v) is 6.02. The molecule has 2 rings (SSSR count). The van der Waals surface area contributed by atoms with Gasteiger partial charge in [-0.15, -0.1) is 0 Å². The van der Waals surface area contributed by atoms with Gasteiger partial charge in [-0.25, -0.2) is 4.79 Å². The minimum absolute atomic E-state index is 0.0197. The third-order valence-corrected chi connectivity index (χ3v) is 1.81. The molecule has 2 atom stereocenters. The second-order valence-electron chi connectivity index (χ2n) is 2.60. The standard InChI is InChI=1S/C7H6O5/c8-4-1-3(6(9)10)5-2-11-7(4)12-5/h1,5,7H,2H2,(H,9,10)/t5-,7-/m1/s1. The van der Waals surface area contributed by atoms with Crippen molar-refractivity contribution in [3.63, 3.8) is 0 Å². The first-order chi connectivity index (χ1) is 5.68. The van der Waals surface area contributed by atoms with E-state index in [9.17, 15) is 9.59 Å². The summed E-state index contributed by atoms with van der Waals surface area (Å²) in [6, 6.07) is 0. The van der Waals surface area contributed by atoms with E-state index in [1.54, 1.807) is 0 Å².